The van der Waals surface area contributed by atoms with Gasteiger partial charge in [0.25, 0.3) is 0 Å². The number of methoxy groups -OCH3 is 1. The number of ether oxygens (including phenoxy) is 2. The monoisotopic (exact) mass is 450 g/mol. The van der Waals surface area contributed by atoms with Gasteiger partial charge in [0.15, 0.2) is 0 Å². The van der Waals surface area contributed by atoms with Crippen LogP contribution < -0.4 is 15.0 Å². The van der Waals surface area contributed by atoms with Crippen LogP contribution in [0.2, 0.25) is 0 Å². The number of alkyl carbamates (subject to hydrolysis) is 1. The van der Waals surface area contributed by atoms with E-state index in [2.05, 4.69) is 45.1 Å². The average molecular weight is 451 g/mol. The highest BCUT2D eigenvalue weighted by Gasteiger charge is 2.28. The summed E-state index contributed by atoms with van der Waals surface area (Å²) in [5.41, 5.74) is 2.75. The van der Waals surface area contributed by atoms with Crippen LogP contribution in [0.5, 0.6) is 5.75 Å². The highest BCUT2D eigenvalue weighted by Crippen LogP contribution is 2.29. The zero-order valence-corrected chi connectivity index (χ0v) is 20.0. The number of hydrogen-bond donors (Lipinski definition) is 1. The van der Waals surface area contributed by atoms with Crippen LogP contribution >= 0.6 is 0 Å². The van der Waals surface area contributed by atoms with E-state index in [1.807, 2.05) is 39.0 Å². The van der Waals surface area contributed by atoms with Gasteiger partial charge in [-0.3, -0.25) is 0 Å². The molecule has 176 valence electrons. The lowest BCUT2D eigenvalue weighted by Gasteiger charge is -2.37. The maximum atomic E-state index is 12.3. The number of piperidine rings is 1. The topological polar surface area (TPSA) is 68.6 Å². The Kier molecular flexibility index (Phi) is 6.77. The second kappa shape index (κ2) is 9.73. The largest absolute Gasteiger partial charge is 0.497 e. The van der Waals surface area contributed by atoms with Gasteiger partial charge in [-0.2, -0.15) is 0 Å². The van der Waals surface area contributed by atoms with Crippen molar-refractivity contribution in [3.8, 4) is 5.75 Å². The predicted molar refractivity (Wildman–Crippen MR) is 131 cm³/mol. The van der Waals surface area contributed by atoms with Gasteiger partial charge >= 0.3 is 6.09 Å². The minimum Gasteiger partial charge on any atom is -0.497 e. The van der Waals surface area contributed by atoms with Crippen molar-refractivity contribution < 1.29 is 14.3 Å². The van der Waals surface area contributed by atoms with Crippen LogP contribution in [0.15, 0.2) is 48.5 Å². The number of carbonyl (C=O) groups is 1. The van der Waals surface area contributed by atoms with E-state index in [-0.39, 0.29) is 12.1 Å². The summed E-state index contributed by atoms with van der Waals surface area (Å²) in [6.45, 7) is 7.78. The SMILES string of the molecule is COc1ccc(Cn2c(N3CCCC[C@H]3CNC(=O)OC(C)(C)C)nc3ccccc32)cc1. The molecule has 0 saturated carbocycles. The highest BCUT2D eigenvalue weighted by molar-refractivity contribution is 5.79. The van der Waals surface area contributed by atoms with Crippen LogP contribution in [0.4, 0.5) is 10.7 Å². The number of para-hydroxylation sites is 2. The van der Waals surface area contributed by atoms with Crippen molar-refractivity contribution in [2.75, 3.05) is 25.1 Å². The highest BCUT2D eigenvalue weighted by atomic mass is 16.6. The average Bonchev–Trinajstić information content (AvgIpc) is 3.15. The second-order valence-corrected chi connectivity index (χ2v) is 9.56. The Hall–Kier alpha value is -3.22. The van der Waals surface area contributed by atoms with Gasteiger partial charge in [-0.05, 0) is 69.9 Å². The fourth-order valence-electron chi connectivity index (χ4n) is 4.34. The lowest BCUT2D eigenvalue weighted by molar-refractivity contribution is 0.0522. The molecule has 1 atom stereocenters. The van der Waals surface area contributed by atoms with Gasteiger partial charge < -0.3 is 24.3 Å². The summed E-state index contributed by atoms with van der Waals surface area (Å²) in [5, 5.41) is 2.97. The molecule has 1 fully saturated rings. The van der Waals surface area contributed by atoms with E-state index in [1.165, 1.54) is 5.56 Å². The molecule has 0 radical (unpaired) electrons. The van der Waals surface area contributed by atoms with Crippen molar-refractivity contribution in [2.24, 2.45) is 0 Å². The van der Waals surface area contributed by atoms with E-state index >= 15 is 0 Å². The first-order valence-electron chi connectivity index (χ1n) is 11.7. The fourth-order valence-corrected chi connectivity index (χ4v) is 4.34. The first-order chi connectivity index (χ1) is 15.8. The summed E-state index contributed by atoms with van der Waals surface area (Å²) >= 11 is 0. The molecule has 0 spiro atoms. The zero-order chi connectivity index (χ0) is 23.4. The lowest BCUT2D eigenvalue weighted by Crippen LogP contribution is -2.48. The number of benzene rings is 2. The molecular weight excluding hydrogens is 416 g/mol. The summed E-state index contributed by atoms with van der Waals surface area (Å²) in [5.74, 6) is 1.79. The van der Waals surface area contributed by atoms with Crippen molar-refractivity contribution in [2.45, 2.75) is 58.2 Å². The van der Waals surface area contributed by atoms with Crippen LogP contribution in [-0.4, -0.2) is 47.5 Å². The molecule has 4 rings (SSSR count). The number of nitrogens with one attached hydrogen (secondary N) is 1. The van der Waals surface area contributed by atoms with E-state index in [9.17, 15) is 4.79 Å². The number of fused-ring (bicyclic) bond motifs is 1. The molecule has 0 bridgehead atoms. The van der Waals surface area contributed by atoms with E-state index < -0.39 is 5.60 Å². The smallest absolute Gasteiger partial charge is 0.407 e. The molecule has 0 aliphatic carbocycles. The summed E-state index contributed by atoms with van der Waals surface area (Å²) in [7, 11) is 1.68. The van der Waals surface area contributed by atoms with E-state index in [0.717, 1.165) is 48.5 Å². The van der Waals surface area contributed by atoms with Gasteiger partial charge in [0.05, 0.1) is 24.7 Å². The molecule has 3 aromatic rings. The Balaban J connectivity index is 1.60. The fraction of sp³-hybridized carbons (Fsp3) is 0.462. The van der Waals surface area contributed by atoms with E-state index in [0.29, 0.717) is 13.1 Å². The number of hydrogen-bond acceptors (Lipinski definition) is 5. The Morgan fingerprint density at radius 2 is 1.88 bits per heavy atom. The summed E-state index contributed by atoms with van der Waals surface area (Å²) in [6, 6.07) is 16.6. The lowest BCUT2D eigenvalue weighted by atomic mass is 10.0. The van der Waals surface area contributed by atoms with Gasteiger partial charge in [0, 0.05) is 19.1 Å². The van der Waals surface area contributed by atoms with Crippen molar-refractivity contribution in [1.29, 1.82) is 0 Å². The summed E-state index contributed by atoms with van der Waals surface area (Å²) < 4.78 is 13.0. The third-order valence-corrected chi connectivity index (χ3v) is 5.90. The minimum absolute atomic E-state index is 0.165. The number of amides is 1. The van der Waals surface area contributed by atoms with Crippen molar-refractivity contribution in [1.82, 2.24) is 14.9 Å². The van der Waals surface area contributed by atoms with Crippen molar-refractivity contribution >= 4 is 23.1 Å². The van der Waals surface area contributed by atoms with Gasteiger partial charge in [-0.25, -0.2) is 9.78 Å². The molecular formula is C26H34N4O3. The predicted octanol–water partition coefficient (Wildman–Crippen LogP) is 4.98. The van der Waals surface area contributed by atoms with E-state index in [4.69, 9.17) is 14.5 Å². The minimum atomic E-state index is -0.511. The van der Waals surface area contributed by atoms with Crippen molar-refractivity contribution in [3.63, 3.8) is 0 Å². The molecule has 1 aliphatic rings. The van der Waals surface area contributed by atoms with Crippen LogP contribution in [0.3, 0.4) is 0 Å². The molecule has 1 amide bonds. The van der Waals surface area contributed by atoms with Crippen LogP contribution in [0.25, 0.3) is 11.0 Å². The quantitative estimate of drug-likeness (QED) is 0.574. The standard InChI is InChI=1S/C26H34N4O3/c1-26(2,3)33-25(31)27-17-20-9-7-8-16-29(20)24-28-22-10-5-6-11-23(22)30(24)18-19-12-14-21(32-4)15-13-19/h5-6,10-15,20H,7-9,16-18H2,1-4H3,(H,27,31)/t20-/m0/s1. The number of carbonyl (C=O) groups excluding carboxylic acids is 1. The zero-order valence-electron chi connectivity index (χ0n) is 20.0. The van der Waals surface area contributed by atoms with Gasteiger partial charge in [-0.1, -0.05) is 24.3 Å². The maximum absolute atomic E-state index is 12.3. The Labute approximate surface area is 195 Å². The Morgan fingerprint density at radius 3 is 2.61 bits per heavy atom. The molecule has 7 nitrogen and oxygen atoms in total. The van der Waals surface area contributed by atoms with E-state index in [1.54, 1.807) is 7.11 Å². The number of aromatic nitrogens is 2. The molecule has 1 saturated heterocycles. The van der Waals surface area contributed by atoms with Gasteiger partial charge in [0.1, 0.15) is 11.4 Å². The van der Waals surface area contributed by atoms with Crippen LogP contribution in [0.1, 0.15) is 45.6 Å². The summed E-state index contributed by atoms with van der Waals surface area (Å²) in [6.07, 6.45) is 2.87. The third-order valence-electron chi connectivity index (χ3n) is 5.90. The first kappa shape index (κ1) is 23.0. The molecule has 1 aliphatic heterocycles. The first-order valence-corrected chi connectivity index (χ1v) is 11.7. The van der Waals surface area contributed by atoms with Gasteiger partial charge in [0.2, 0.25) is 5.95 Å². The van der Waals surface area contributed by atoms with Crippen molar-refractivity contribution in [3.05, 3.63) is 54.1 Å². The molecule has 2 aromatic carbocycles. The Bertz CT molecular complexity index is 1090. The summed E-state index contributed by atoms with van der Waals surface area (Å²) in [4.78, 5) is 19.6. The molecule has 1 N–H and O–H groups in total. The van der Waals surface area contributed by atoms with Crippen LogP contribution in [0, 0.1) is 0 Å². The number of imidazole rings is 1. The van der Waals surface area contributed by atoms with Gasteiger partial charge in [-0.15, -0.1) is 0 Å². The number of anilines is 1. The molecule has 0 unspecified atom stereocenters. The number of nitrogens with zero attached hydrogens (tertiary/aromatic N) is 3. The molecule has 33 heavy (non-hydrogen) atoms. The Morgan fingerprint density at radius 1 is 1.12 bits per heavy atom. The molecule has 7 heteroatoms. The molecule has 1 aromatic heterocycles. The third kappa shape index (κ3) is 5.59. The van der Waals surface area contributed by atoms with Crippen LogP contribution in [-0.2, 0) is 11.3 Å². The molecule has 2 heterocycles. The second-order valence-electron chi connectivity index (χ2n) is 9.56. The maximum Gasteiger partial charge on any atom is 0.407 e. The normalized spacial score (nSPS) is 16.6. The number of rotatable bonds is 6.